The molecule has 0 spiro atoms. The third kappa shape index (κ3) is 5.12. The summed E-state index contributed by atoms with van der Waals surface area (Å²) in [5.74, 6) is -6.21. The smallest absolute Gasteiger partial charge is 0.224 e. The Balaban J connectivity index is 1.72. The number of halogens is 6. The molecule has 2 aromatic carbocycles. The van der Waals surface area contributed by atoms with Crippen molar-refractivity contribution in [1.82, 2.24) is 19.9 Å². The standard InChI is InChI=1S/C33H18F6N4/c34-21-15-25(23-11-13-29(36)42-31(23)38)40-27(17-21)33(19-7-3-1-4-8-19,20-9-5-2-6-10-20)28-18-22(35)16-26(41-28)24-12-14-30(37)43-32(24)39/h1-18H. The third-order valence-electron chi connectivity index (χ3n) is 6.94. The Hall–Kier alpha value is -5.38. The highest BCUT2D eigenvalue weighted by Crippen LogP contribution is 2.45. The summed E-state index contributed by atoms with van der Waals surface area (Å²) in [7, 11) is 0. The maximum Gasteiger partial charge on any atom is 0.224 e. The van der Waals surface area contributed by atoms with Gasteiger partial charge in [0.05, 0.1) is 33.9 Å². The van der Waals surface area contributed by atoms with Gasteiger partial charge >= 0.3 is 0 Å². The van der Waals surface area contributed by atoms with Crippen molar-refractivity contribution in [1.29, 1.82) is 0 Å². The quantitative estimate of drug-likeness (QED) is 0.148. The number of benzene rings is 2. The molecule has 0 N–H and O–H groups in total. The Morgan fingerprint density at radius 3 is 1.19 bits per heavy atom. The van der Waals surface area contributed by atoms with Crippen LogP contribution in [-0.2, 0) is 5.41 Å². The second-order valence-electron chi connectivity index (χ2n) is 9.54. The molecule has 0 saturated heterocycles. The summed E-state index contributed by atoms with van der Waals surface area (Å²) in [4.78, 5) is 15.6. The van der Waals surface area contributed by atoms with Crippen LogP contribution < -0.4 is 0 Å². The lowest BCUT2D eigenvalue weighted by atomic mass is 9.69. The second kappa shape index (κ2) is 11.1. The first-order valence-corrected chi connectivity index (χ1v) is 12.9. The first-order chi connectivity index (χ1) is 20.8. The fourth-order valence-corrected chi connectivity index (χ4v) is 5.13. The van der Waals surface area contributed by atoms with E-state index in [1.165, 1.54) is 0 Å². The van der Waals surface area contributed by atoms with Crippen LogP contribution in [0.1, 0.15) is 22.5 Å². The van der Waals surface area contributed by atoms with Gasteiger partial charge in [-0.25, -0.2) is 8.78 Å². The first kappa shape index (κ1) is 27.8. The molecule has 6 aromatic rings. The van der Waals surface area contributed by atoms with Crippen LogP contribution >= 0.6 is 0 Å². The zero-order valence-corrected chi connectivity index (χ0v) is 21.9. The van der Waals surface area contributed by atoms with Gasteiger partial charge in [-0.3, -0.25) is 9.97 Å². The molecule has 0 atom stereocenters. The van der Waals surface area contributed by atoms with Crippen LogP contribution in [0.2, 0.25) is 0 Å². The highest BCUT2D eigenvalue weighted by atomic mass is 19.2. The summed E-state index contributed by atoms with van der Waals surface area (Å²) in [5.41, 5.74) is -1.77. The molecule has 6 rings (SSSR count). The minimum absolute atomic E-state index is 0.0367. The van der Waals surface area contributed by atoms with Crippen LogP contribution in [0.4, 0.5) is 26.3 Å². The zero-order chi connectivity index (χ0) is 30.1. The summed E-state index contributed by atoms with van der Waals surface area (Å²) >= 11 is 0. The lowest BCUT2D eigenvalue weighted by molar-refractivity contribution is 0.514. The van der Waals surface area contributed by atoms with E-state index in [1.54, 1.807) is 60.7 Å². The van der Waals surface area contributed by atoms with E-state index in [2.05, 4.69) is 19.9 Å². The molecule has 212 valence electrons. The topological polar surface area (TPSA) is 51.6 Å². The van der Waals surface area contributed by atoms with Gasteiger partial charge < -0.3 is 0 Å². The van der Waals surface area contributed by atoms with Crippen LogP contribution in [0.5, 0.6) is 0 Å². The minimum atomic E-state index is -1.66. The molecule has 0 unspecified atom stereocenters. The van der Waals surface area contributed by atoms with E-state index in [4.69, 9.17) is 0 Å². The van der Waals surface area contributed by atoms with E-state index in [0.29, 0.717) is 11.1 Å². The van der Waals surface area contributed by atoms with Crippen LogP contribution in [0.3, 0.4) is 0 Å². The van der Waals surface area contributed by atoms with Crippen molar-refractivity contribution >= 4 is 0 Å². The molecule has 0 aliphatic heterocycles. The predicted octanol–water partition coefficient (Wildman–Crippen LogP) is 7.82. The van der Waals surface area contributed by atoms with Gasteiger partial charge in [-0.2, -0.15) is 27.5 Å². The van der Waals surface area contributed by atoms with Crippen molar-refractivity contribution in [2.24, 2.45) is 0 Å². The number of rotatable bonds is 6. The maximum absolute atomic E-state index is 15.5. The molecular formula is C33H18F6N4. The second-order valence-corrected chi connectivity index (χ2v) is 9.54. The number of pyridine rings is 4. The Bertz CT molecular complexity index is 1810. The van der Waals surface area contributed by atoms with Crippen molar-refractivity contribution in [3.63, 3.8) is 0 Å². The van der Waals surface area contributed by atoms with Crippen molar-refractivity contribution < 1.29 is 26.3 Å². The van der Waals surface area contributed by atoms with E-state index in [1.807, 2.05) is 0 Å². The molecule has 0 aliphatic carbocycles. The van der Waals surface area contributed by atoms with Gasteiger partial charge in [-0.1, -0.05) is 60.7 Å². The van der Waals surface area contributed by atoms with E-state index >= 15 is 8.78 Å². The lowest BCUT2D eigenvalue weighted by Gasteiger charge is -2.35. The fraction of sp³-hybridized carbons (Fsp3) is 0.0303. The zero-order valence-electron chi connectivity index (χ0n) is 21.9. The number of nitrogens with zero attached hydrogens (tertiary/aromatic N) is 4. The average molecular weight is 585 g/mol. The monoisotopic (exact) mass is 584 g/mol. The van der Waals surface area contributed by atoms with Gasteiger partial charge in [-0.15, -0.1) is 0 Å². The lowest BCUT2D eigenvalue weighted by Crippen LogP contribution is -2.34. The number of hydrogen-bond donors (Lipinski definition) is 0. The van der Waals surface area contributed by atoms with Gasteiger partial charge in [0.2, 0.25) is 23.8 Å². The molecule has 0 fully saturated rings. The highest BCUT2D eigenvalue weighted by molar-refractivity contribution is 5.65. The summed E-state index contributed by atoms with van der Waals surface area (Å²) in [5, 5.41) is 0. The van der Waals surface area contributed by atoms with Crippen LogP contribution in [0.15, 0.2) is 109 Å². The molecule has 0 amide bonds. The van der Waals surface area contributed by atoms with Crippen molar-refractivity contribution in [2.45, 2.75) is 5.41 Å². The Kier molecular flexibility index (Phi) is 7.19. The molecule has 4 aromatic heterocycles. The van der Waals surface area contributed by atoms with E-state index in [0.717, 1.165) is 48.5 Å². The molecule has 43 heavy (non-hydrogen) atoms. The highest BCUT2D eigenvalue weighted by Gasteiger charge is 2.42. The normalized spacial score (nSPS) is 11.5. The van der Waals surface area contributed by atoms with Gasteiger partial charge in [0, 0.05) is 12.1 Å². The van der Waals surface area contributed by atoms with E-state index in [-0.39, 0.29) is 33.9 Å². The Morgan fingerprint density at radius 1 is 0.419 bits per heavy atom. The van der Waals surface area contributed by atoms with E-state index in [9.17, 15) is 17.6 Å². The minimum Gasteiger partial charge on any atom is -0.251 e. The molecule has 0 radical (unpaired) electrons. The summed E-state index contributed by atoms with van der Waals surface area (Å²) in [6.07, 6.45) is 0. The molecule has 4 heterocycles. The Labute approximate surface area is 241 Å². The summed E-state index contributed by atoms with van der Waals surface area (Å²) in [6.45, 7) is 0. The number of hydrogen-bond acceptors (Lipinski definition) is 4. The Morgan fingerprint density at radius 2 is 0.814 bits per heavy atom. The van der Waals surface area contributed by atoms with Crippen molar-refractivity contribution in [3.05, 3.63) is 167 Å². The van der Waals surface area contributed by atoms with Crippen molar-refractivity contribution in [2.75, 3.05) is 0 Å². The number of aromatic nitrogens is 4. The van der Waals surface area contributed by atoms with E-state index < -0.39 is 40.8 Å². The molecule has 0 bridgehead atoms. The molecule has 0 aliphatic rings. The van der Waals surface area contributed by atoms with Crippen LogP contribution in [-0.4, -0.2) is 19.9 Å². The summed E-state index contributed by atoms with van der Waals surface area (Å²) in [6, 6.07) is 25.2. The van der Waals surface area contributed by atoms with Crippen LogP contribution in [0.25, 0.3) is 22.5 Å². The van der Waals surface area contributed by atoms with Gasteiger partial charge in [-0.05, 0) is 47.5 Å². The summed E-state index contributed by atoms with van der Waals surface area (Å²) < 4.78 is 87.7. The third-order valence-corrected chi connectivity index (χ3v) is 6.94. The molecule has 0 saturated carbocycles. The molecule has 4 nitrogen and oxygen atoms in total. The maximum atomic E-state index is 15.5. The fourth-order valence-electron chi connectivity index (χ4n) is 5.13. The van der Waals surface area contributed by atoms with Gasteiger partial charge in [0.15, 0.2) is 0 Å². The van der Waals surface area contributed by atoms with Crippen molar-refractivity contribution in [3.8, 4) is 22.5 Å². The van der Waals surface area contributed by atoms with Crippen LogP contribution in [0, 0.1) is 35.4 Å². The molecule has 10 heteroatoms. The first-order valence-electron chi connectivity index (χ1n) is 12.9. The SMILES string of the molecule is Fc1cc(-c2ccc(F)nc2F)nc(C(c2ccccc2)(c2ccccc2)c2cc(F)cc(-c3ccc(F)nc3F)n2)c1. The largest absolute Gasteiger partial charge is 0.251 e. The average Bonchev–Trinajstić information content (AvgIpc) is 2.98. The van der Waals surface area contributed by atoms with Gasteiger partial charge in [0.1, 0.15) is 17.0 Å². The predicted molar refractivity (Wildman–Crippen MR) is 147 cm³/mol. The molecular weight excluding hydrogens is 566 g/mol. The van der Waals surface area contributed by atoms with Gasteiger partial charge in [0.25, 0.3) is 0 Å².